The van der Waals surface area contributed by atoms with Crippen molar-refractivity contribution >= 4 is 0 Å². The van der Waals surface area contributed by atoms with Crippen LogP contribution in [0.25, 0.3) is 16.8 Å². The van der Waals surface area contributed by atoms with Crippen LogP contribution in [0.2, 0.25) is 0 Å². The van der Waals surface area contributed by atoms with Crippen LogP contribution in [-0.4, -0.2) is 5.27 Å². The van der Waals surface area contributed by atoms with E-state index < -0.39 is 5.63 Å². The van der Waals surface area contributed by atoms with Crippen molar-refractivity contribution in [3.8, 4) is 16.8 Å². The normalized spacial score (nSPS) is 11.0. The summed E-state index contributed by atoms with van der Waals surface area (Å²) in [7, 11) is 0. The van der Waals surface area contributed by atoms with E-state index in [2.05, 4.69) is 48.6 Å². The third kappa shape index (κ3) is 5.68. The minimum Gasteiger partial charge on any atom is -0.283 e. The zero-order valence-corrected chi connectivity index (χ0v) is 16.1. The quantitative estimate of drug-likeness (QED) is 0.396. The van der Waals surface area contributed by atoms with Gasteiger partial charge in [-0.15, -0.1) is 0 Å². The van der Waals surface area contributed by atoms with E-state index in [0.717, 1.165) is 17.7 Å². The largest absolute Gasteiger partial charge is 0.427 e. The molecule has 0 saturated heterocycles. The molecule has 142 valence electrons. The van der Waals surface area contributed by atoms with Crippen LogP contribution < -0.4 is 10.3 Å². The van der Waals surface area contributed by atoms with Gasteiger partial charge in [0.1, 0.15) is 0 Å². The number of hydrogen-bond donors (Lipinski definition) is 1. The van der Waals surface area contributed by atoms with E-state index in [1.54, 1.807) is 4.68 Å². The Labute approximate surface area is 160 Å². The van der Waals surface area contributed by atoms with E-state index in [4.69, 9.17) is 4.52 Å². The lowest BCUT2D eigenvalue weighted by molar-refractivity contribution is -0.670. The first kappa shape index (κ1) is 19.2. The third-order valence-corrected chi connectivity index (χ3v) is 4.98. The van der Waals surface area contributed by atoms with Crippen molar-refractivity contribution in [2.45, 2.75) is 58.3 Å². The predicted octanol–water partition coefficient (Wildman–Crippen LogP) is 5.20. The average Bonchev–Trinajstić information content (AvgIpc) is 3.14. The summed E-state index contributed by atoms with van der Waals surface area (Å²) in [5.41, 5.74) is 4.24. The Hall–Kier alpha value is -2.62. The second-order valence-corrected chi connectivity index (χ2v) is 7.13. The summed E-state index contributed by atoms with van der Waals surface area (Å²) in [6.45, 7) is 2.26. The molecular weight excluding hydrogens is 336 g/mol. The fourth-order valence-corrected chi connectivity index (χ4v) is 3.34. The van der Waals surface area contributed by atoms with Gasteiger partial charge in [-0.3, -0.25) is 4.52 Å². The monoisotopic (exact) mass is 365 g/mol. The molecule has 0 bridgehead atoms. The Morgan fingerprint density at radius 2 is 1.41 bits per heavy atom. The number of hydrogen-bond acceptors (Lipinski definition) is 2. The molecule has 27 heavy (non-hydrogen) atoms. The van der Waals surface area contributed by atoms with Gasteiger partial charge in [-0.1, -0.05) is 69.7 Å². The topological polar surface area (TPSA) is 49.9 Å². The van der Waals surface area contributed by atoms with Gasteiger partial charge in [0.25, 0.3) is 6.20 Å². The fraction of sp³-hybridized carbons (Fsp3) is 0.391. The minimum atomic E-state index is -0.393. The Morgan fingerprint density at radius 1 is 0.815 bits per heavy atom. The average molecular weight is 365 g/mol. The molecule has 0 aliphatic heterocycles. The lowest BCUT2D eigenvalue weighted by atomic mass is 10.0. The molecule has 0 aliphatic rings. The summed E-state index contributed by atoms with van der Waals surface area (Å²) < 4.78 is 6.26. The highest BCUT2D eigenvalue weighted by molar-refractivity contribution is 5.64. The molecule has 0 radical (unpaired) electrons. The van der Waals surface area contributed by atoms with Crippen LogP contribution in [0.5, 0.6) is 0 Å². The van der Waals surface area contributed by atoms with E-state index in [-0.39, 0.29) is 0 Å². The van der Waals surface area contributed by atoms with Crippen molar-refractivity contribution in [2.24, 2.45) is 0 Å². The smallest absolute Gasteiger partial charge is 0.283 e. The molecule has 0 aliphatic carbocycles. The molecule has 1 aromatic heterocycles. The molecule has 2 aromatic carbocycles. The van der Waals surface area contributed by atoms with E-state index >= 15 is 0 Å². The maximum atomic E-state index is 11.1. The van der Waals surface area contributed by atoms with Gasteiger partial charge in [0.05, 0.1) is 0 Å². The van der Waals surface area contributed by atoms with Crippen molar-refractivity contribution in [1.82, 2.24) is 5.27 Å². The zero-order valence-electron chi connectivity index (χ0n) is 16.1. The Morgan fingerprint density at radius 3 is 2.00 bits per heavy atom. The zero-order chi connectivity index (χ0) is 18.9. The molecule has 3 rings (SSSR count). The van der Waals surface area contributed by atoms with Crippen molar-refractivity contribution in [3.05, 3.63) is 70.7 Å². The van der Waals surface area contributed by atoms with Gasteiger partial charge in [0.2, 0.25) is 5.69 Å². The molecule has 3 aromatic rings. The molecule has 1 heterocycles. The van der Waals surface area contributed by atoms with Crippen LogP contribution in [0.15, 0.2) is 64.0 Å². The fourth-order valence-electron chi connectivity index (χ4n) is 3.34. The lowest BCUT2D eigenvalue weighted by Crippen LogP contribution is -2.31. The number of unbranched alkanes of at least 4 members (excludes halogenated alkanes) is 6. The summed E-state index contributed by atoms with van der Waals surface area (Å²) >= 11 is 0. The molecule has 0 saturated carbocycles. The first-order valence-electron chi connectivity index (χ1n) is 10.1. The number of nitrogens with one attached hydrogen (secondary N) is 1. The summed E-state index contributed by atoms with van der Waals surface area (Å²) in [6, 6.07) is 16.9. The number of rotatable bonds is 10. The number of aromatic amines is 1. The first-order valence-corrected chi connectivity index (χ1v) is 10.1. The number of nitrogens with zero attached hydrogens (tertiary/aromatic N) is 1. The van der Waals surface area contributed by atoms with Crippen LogP contribution in [0.3, 0.4) is 0 Å². The molecule has 4 nitrogen and oxygen atoms in total. The van der Waals surface area contributed by atoms with Gasteiger partial charge in [0, 0.05) is 12.1 Å². The molecule has 0 spiro atoms. The van der Waals surface area contributed by atoms with Crippen LogP contribution in [0.4, 0.5) is 0 Å². The second kappa shape index (κ2) is 9.91. The highest BCUT2D eigenvalue weighted by Crippen LogP contribution is 2.21. The van der Waals surface area contributed by atoms with E-state index in [0.29, 0.717) is 0 Å². The molecule has 4 heteroatoms. The summed E-state index contributed by atoms with van der Waals surface area (Å²) in [5.74, 6) is 0. The number of aryl methyl sites for hydroxylation is 1. The van der Waals surface area contributed by atoms with Gasteiger partial charge in [-0.25, -0.2) is 4.79 Å². The SMILES string of the molecule is CCCCCCCCCc1ccc(-c2ccc(-[n+]3cc(=O)o[nH]3)cc2)cc1. The molecular formula is C23H29N2O2+. The summed E-state index contributed by atoms with van der Waals surface area (Å²) in [6.07, 6.45) is 12.0. The molecule has 0 amide bonds. The van der Waals surface area contributed by atoms with Crippen LogP contribution >= 0.6 is 0 Å². The Balaban J connectivity index is 1.50. The van der Waals surface area contributed by atoms with Gasteiger partial charge in [-0.2, -0.15) is 0 Å². The van der Waals surface area contributed by atoms with Crippen molar-refractivity contribution < 1.29 is 9.20 Å². The minimum absolute atomic E-state index is 0.393. The predicted molar refractivity (Wildman–Crippen MR) is 108 cm³/mol. The Kier molecular flexibility index (Phi) is 7.03. The number of benzene rings is 2. The molecule has 0 unspecified atom stereocenters. The maximum absolute atomic E-state index is 11.1. The highest BCUT2D eigenvalue weighted by Gasteiger charge is 2.10. The standard InChI is InChI=1S/C23H28N2O2/c1-2-3-4-5-6-7-8-9-19-10-12-20(13-11-19)21-14-16-22(17-15-21)25-18-23(26)27-24-25/h10-18H,2-9H2,1H3/p+1. The second-order valence-electron chi connectivity index (χ2n) is 7.13. The van der Waals surface area contributed by atoms with Crippen molar-refractivity contribution in [2.75, 3.05) is 0 Å². The summed E-state index contributed by atoms with van der Waals surface area (Å²) in [5, 5.41) is 2.56. The van der Waals surface area contributed by atoms with Crippen LogP contribution in [0, 0.1) is 0 Å². The molecule has 1 N–H and O–H groups in total. The van der Waals surface area contributed by atoms with Gasteiger partial charge >= 0.3 is 5.63 Å². The lowest BCUT2D eigenvalue weighted by Gasteiger charge is -2.05. The van der Waals surface area contributed by atoms with E-state index in [1.807, 2.05) is 12.1 Å². The van der Waals surface area contributed by atoms with Gasteiger partial charge < -0.3 is 0 Å². The maximum Gasteiger partial charge on any atom is 0.427 e. The summed E-state index contributed by atoms with van der Waals surface area (Å²) in [4.78, 5) is 11.1. The first-order chi connectivity index (χ1) is 13.3. The van der Waals surface area contributed by atoms with E-state index in [9.17, 15) is 4.79 Å². The van der Waals surface area contributed by atoms with Gasteiger partial charge in [-0.05, 0) is 51.6 Å². The van der Waals surface area contributed by atoms with Crippen molar-refractivity contribution in [1.29, 1.82) is 0 Å². The van der Waals surface area contributed by atoms with Crippen LogP contribution in [-0.2, 0) is 6.42 Å². The number of aromatic nitrogens is 2. The molecule has 0 atom stereocenters. The number of H-pyrrole nitrogens is 1. The van der Waals surface area contributed by atoms with Crippen LogP contribution in [0.1, 0.15) is 57.4 Å². The van der Waals surface area contributed by atoms with E-state index in [1.165, 1.54) is 62.3 Å². The third-order valence-electron chi connectivity index (χ3n) is 4.98. The highest BCUT2D eigenvalue weighted by atomic mass is 16.5. The van der Waals surface area contributed by atoms with Gasteiger partial charge in [0.15, 0.2) is 0 Å². The molecule has 0 fully saturated rings. The van der Waals surface area contributed by atoms with Crippen molar-refractivity contribution in [3.63, 3.8) is 0 Å². The Bertz CT molecular complexity index is 860.